The van der Waals surface area contributed by atoms with Gasteiger partial charge in [-0.3, -0.25) is 9.59 Å². The molecule has 2 heterocycles. The van der Waals surface area contributed by atoms with Gasteiger partial charge in [0.2, 0.25) is 0 Å². The Balaban J connectivity index is 1.60. The number of aromatic nitrogens is 1. The summed E-state index contributed by atoms with van der Waals surface area (Å²) in [5, 5.41) is 2.69. The normalized spacial score (nSPS) is 19.0. The first-order chi connectivity index (χ1) is 14.3. The van der Waals surface area contributed by atoms with Gasteiger partial charge in [-0.15, -0.1) is 0 Å². The molecule has 0 radical (unpaired) electrons. The maximum atomic E-state index is 12.7. The highest BCUT2D eigenvalue weighted by atomic mass is 32.2. The minimum absolute atomic E-state index is 0.00668. The summed E-state index contributed by atoms with van der Waals surface area (Å²) in [6, 6.07) is 9.95. The molecule has 2 atom stereocenters. The van der Waals surface area contributed by atoms with Gasteiger partial charge in [0.15, 0.2) is 0 Å². The Morgan fingerprint density at radius 3 is 2.50 bits per heavy atom. The molecule has 1 aromatic heterocycles. The number of morpholine rings is 1. The zero-order valence-electron chi connectivity index (χ0n) is 16.7. The van der Waals surface area contributed by atoms with Crippen LogP contribution in [0.2, 0.25) is 0 Å². The number of carbonyl (C=O) groups is 2. The average Bonchev–Trinajstić information content (AvgIpc) is 2.71. The van der Waals surface area contributed by atoms with Crippen LogP contribution in [0.4, 0.5) is 8.78 Å². The zero-order chi connectivity index (χ0) is 21.7. The quantitative estimate of drug-likeness (QED) is 0.703. The lowest BCUT2D eigenvalue weighted by Crippen LogP contribution is -2.48. The average molecular weight is 435 g/mol. The Hall–Kier alpha value is -2.52. The van der Waals surface area contributed by atoms with E-state index in [0.717, 1.165) is 5.56 Å². The SMILES string of the molecule is CC1CN(C(=O)c2ccc(CNC(=O)c3cccnc3SC(F)F)cc2)CC(C)O1. The summed E-state index contributed by atoms with van der Waals surface area (Å²) in [4.78, 5) is 30.7. The summed E-state index contributed by atoms with van der Waals surface area (Å²) in [5.74, 6) is -3.20. The van der Waals surface area contributed by atoms with Gasteiger partial charge in [-0.05, 0) is 55.4 Å². The van der Waals surface area contributed by atoms with E-state index >= 15 is 0 Å². The summed E-state index contributed by atoms with van der Waals surface area (Å²) in [7, 11) is 0. The van der Waals surface area contributed by atoms with E-state index in [1.807, 2.05) is 13.8 Å². The van der Waals surface area contributed by atoms with Crippen molar-refractivity contribution in [1.29, 1.82) is 0 Å². The fourth-order valence-corrected chi connectivity index (χ4v) is 3.89. The lowest BCUT2D eigenvalue weighted by atomic mass is 10.1. The maximum absolute atomic E-state index is 12.7. The molecule has 1 fully saturated rings. The van der Waals surface area contributed by atoms with Crippen molar-refractivity contribution < 1.29 is 23.1 Å². The second-order valence-electron chi connectivity index (χ2n) is 7.08. The van der Waals surface area contributed by atoms with Gasteiger partial charge in [0.05, 0.1) is 17.8 Å². The van der Waals surface area contributed by atoms with Crippen molar-refractivity contribution in [1.82, 2.24) is 15.2 Å². The number of thioether (sulfide) groups is 1. The number of halogens is 2. The minimum Gasteiger partial charge on any atom is -0.372 e. The Labute approximate surface area is 178 Å². The van der Waals surface area contributed by atoms with Crippen LogP contribution in [-0.2, 0) is 11.3 Å². The van der Waals surface area contributed by atoms with Crippen molar-refractivity contribution in [3.63, 3.8) is 0 Å². The first-order valence-electron chi connectivity index (χ1n) is 9.55. The van der Waals surface area contributed by atoms with Crippen LogP contribution in [0, 0.1) is 0 Å². The van der Waals surface area contributed by atoms with Crippen LogP contribution in [0.25, 0.3) is 0 Å². The van der Waals surface area contributed by atoms with E-state index < -0.39 is 11.7 Å². The van der Waals surface area contributed by atoms with Crippen LogP contribution in [0.5, 0.6) is 0 Å². The second kappa shape index (κ2) is 9.99. The molecule has 2 amide bonds. The molecule has 1 saturated heterocycles. The standard InChI is InChI=1S/C21H23F2N3O3S/c1-13-11-26(12-14(2)29-13)20(28)16-7-5-15(6-8-16)10-25-18(27)17-4-3-9-24-19(17)30-21(22)23/h3-9,13-14,21H,10-12H2,1-2H3,(H,25,27). The number of pyridine rings is 1. The molecule has 2 unspecified atom stereocenters. The zero-order valence-corrected chi connectivity index (χ0v) is 17.5. The Bertz CT molecular complexity index is 885. The van der Waals surface area contributed by atoms with Gasteiger partial charge in [-0.2, -0.15) is 8.78 Å². The predicted octanol–water partition coefficient (Wildman–Crippen LogP) is 3.58. The molecule has 1 aromatic carbocycles. The third-order valence-electron chi connectivity index (χ3n) is 4.58. The number of nitrogens with one attached hydrogen (secondary N) is 1. The molecule has 1 aliphatic rings. The third-order valence-corrected chi connectivity index (χ3v) is 5.30. The van der Waals surface area contributed by atoms with Crippen molar-refractivity contribution in [2.24, 2.45) is 0 Å². The van der Waals surface area contributed by atoms with Crippen LogP contribution in [0.3, 0.4) is 0 Å². The molecule has 0 saturated carbocycles. The molecule has 3 rings (SSSR count). The molecule has 30 heavy (non-hydrogen) atoms. The first kappa shape index (κ1) is 22.2. The predicted molar refractivity (Wildman–Crippen MR) is 110 cm³/mol. The molecule has 2 aromatic rings. The highest BCUT2D eigenvalue weighted by molar-refractivity contribution is 7.99. The van der Waals surface area contributed by atoms with Gasteiger partial charge >= 0.3 is 0 Å². The van der Waals surface area contributed by atoms with E-state index in [2.05, 4.69) is 10.3 Å². The molecule has 160 valence electrons. The first-order valence-corrected chi connectivity index (χ1v) is 10.4. The van der Waals surface area contributed by atoms with E-state index in [4.69, 9.17) is 4.74 Å². The number of ether oxygens (including phenoxy) is 1. The van der Waals surface area contributed by atoms with Crippen LogP contribution in [0.1, 0.15) is 40.1 Å². The number of rotatable bonds is 6. The number of carbonyl (C=O) groups excluding carboxylic acids is 2. The molecule has 1 N–H and O–H groups in total. The van der Waals surface area contributed by atoms with E-state index in [1.54, 1.807) is 29.2 Å². The fraction of sp³-hybridized carbons (Fsp3) is 0.381. The monoisotopic (exact) mass is 435 g/mol. The highest BCUT2D eigenvalue weighted by Crippen LogP contribution is 2.26. The number of benzene rings is 1. The van der Waals surface area contributed by atoms with Gasteiger partial charge in [0.25, 0.3) is 17.6 Å². The number of hydrogen-bond donors (Lipinski definition) is 1. The van der Waals surface area contributed by atoms with Gasteiger partial charge < -0.3 is 15.0 Å². The largest absolute Gasteiger partial charge is 0.372 e. The second-order valence-corrected chi connectivity index (χ2v) is 8.06. The molecule has 6 nitrogen and oxygen atoms in total. The van der Waals surface area contributed by atoms with Crippen LogP contribution in [-0.4, -0.2) is 52.8 Å². The van der Waals surface area contributed by atoms with Crippen LogP contribution in [0.15, 0.2) is 47.6 Å². The molecular weight excluding hydrogens is 412 g/mol. The lowest BCUT2D eigenvalue weighted by molar-refractivity contribution is -0.0586. The van der Waals surface area contributed by atoms with Crippen LogP contribution < -0.4 is 5.32 Å². The van der Waals surface area contributed by atoms with Crippen molar-refractivity contribution in [3.8, 4) is 0 Å². The molecule has 0 bridgehead atoms. The molecule has 9 heteroatoms. The number of nitrogens with zero attached hydrogens (tertiary/aromatic N) is 2. The maximum Gasteiger partial charge on any atom is 0.290 e. The summed E-state index contributed by atoms with van der Waals surface area (Å²) in [6.45, 7) is 5.17. The Morgan fingerprint density at radius 1 is 1.20 bits per heavy atom. The topological polar surface area (TPSA) is 71.5 Å². The number of hydrogen-bond acceptors (Lipinski definition) is 5. The van der Waals surface area contributed by atoms with E-state index in [-0.39, 0.29) is 47.0 Å². The van der Waals surface area contributed by atoms with E-state index in [9.17, 15) is 18.4 Å². The van der Waals surface area contributed by atoms with E-state index in [1.165, 1.54) is 18.3 Å². The minimum atomic E-state index is -2.66. The van der Waals surface area contributed by atoms with Gasteiger partial charge in [0, 0.05) is 31.4 Å². The molecular formula is C21H23F2N3O3S. The lowest BCUT2D eigenvalue weighted by Gasteiger charge is -2.35. The third kappa shape index (κ3) is 5.76. The van der Waals surface area contributed by atoms with Crippen molar-refractivity contribution >= 4 is 23.6 Å². The van der Waals surface area contributed by atoms with Crippen LogP contribution >= 0.6 is 11.8 Å². The fourth-order valence-electron chi connectivity index (χ4n) is 3.31. The molecule has 0 spiro atoms. The smallest absolute Gasteiger partial charge is 0.290 e. The summed E-state index contributed by atoms with van der Waals surface area (Å²) in [6.07, 6.45) is 1.35. The summed E-state index contributed by atoms with van der Waals surface area (Å²) in [5.41, 5.74) is 1.45. The van der Waals surface area contributed by atoms with Gasteiger partial charge in [-0.25, -0.2) is 4.98 Å². The van der Waals surface area contributed by atoms with Crippen molar-refractivity contribution in [3.05, 3.63) is 59.3 Å². The Morgan fingerprint density at radius 2 is 1.87 bits per heavy atom. The summed E-state index contributed by atoms with van der Waals surface area (Å²) < 4.78 is 31.0. The molecule has 0 aliphatic carbocycles. The van der Waals surface area contributed by atoms with Gasteiger partial charge in [0.1, 0.15) is 5.03 Å². The van der Waals surface area contributed by atoms with Crippen molar-refractivity contribution in [2.45, 2.75) is 43.4 Å². The van der Waals surface area contributed by atoms with E-state index in [0.29, 0.717) is 18.7 Å². The molecule has 1 aliphatic heterocycles. The highest BCUT2D eigenvalue weighted by Gasteiger charge is 2.26. The Kier molecular flexibility index (Phi) is 7.38. The van der Waals surface area contributed by atoms with Crippen molar-refractivity contribution in [2.75, 3.05) is 13.1 Å². The number of alkyl halides is 2. The van der Waals surface area contributed by atoms with Gasteiger partial charge in [-0.1, -0.05) is 12.1 Å². The summed E-state index contributed by atoms with van der Waals surface area (Å²) >= 11 is 0.238. The number of amides is 2.